The molecule has 0 N–H and O–H groups in total. The molecule has 0 aromatic heterocycles. The molecule has 0 unspecified atom stereocenters. The normalized spacial score (nSPS) is 28.1. The van der Waals surface area contributed by atoms with E-state index in [9.17, 15) is 4.57 Å². The van der Waals surface area contributed by atoms with E-state index in [0.717, 1.165) is 48.4 Å². The standard InChI is InChI=1S/C33H41N3O2P2/c1-34-31-22-12-13-23-32(31)35(2)39(34,37)26-24-28-17-14-25-36(33(28)27-15-6-3-7-16-27)40(38,29-18-8-4-9-19-29)30-20-10-5-11-21-30/h3-11,15-16,18-21,24,26,28,31-33H,12-14,17,22-23,25H2,1-2H3/b26-24+/t28-,31+,32+,33-/m0/s1. The van der Waals surface area contributed by atoms with Gasteiger partial charge in [-0.3, -0.25) is 9.13 Å². The van der Waals surface area contributed by atoms with E-state index < -0.39 is 14.7 Å². The molecule has 3 aromatic carbocycles. The van der Waals surface area contributed by atoms with Gasteiger partial charge in [-0.15, -0.1) is 0 Å². The molecule has 4 atom stereocenters. The Morgan fingerprint density at radius 2 is 1.23 bits per heavy atom. The lowest BCUT2D eigenvalue weighted by molar-refractivity contribution is 0.209. The molecule has 0 amide bonds. The maximum Gasteiger partial charge on any atom is 0.238 e. The van der Waals surface area contributed by atoms with E-state index in [0.29, 0.717) is 12.1 Å². The number of hydrogen-bond donors (Lipinski definition) is 0. The lowest BCUT2D eigenvalue weighted by Crippen LogP contribution is -2.41. The monoisotopic (exact) mass is 573 g/mol. The Morgan fingerprint density at radius 1 is 0.725 bits per heavy atom. The zero-order chi connectivity index (χ0) is 27.7. The van der Waals surface area contributed by atoms with Crippen LogP contribution in [0, 0.1) is 5.92 Å². The minimum Gasteiger partial charge on any atom is -0.296 e. The average Bonchev–Trinajstić information content (AvgIpc) is 3.22. The van der Waals surface area contributed by atoms with Crippen LogP contribution in [0.5, 0.6) is 0 Å². The van der Waals surface area contributed by atoms with Crippen molar-refractivity contribution in [1.29, 1.82) is 0 Å². The SMILES string of the molecule is CN1[C@@H]2CCCC[C@H]2N(C)P1(=O)/C=C/[C@@H]1CCCN(P(=O)(c2ccccc2)c2ccccc2)[C@H]1c1ccccc1. The molecule has 2 aliphatic heterocycles. The zero-order valence-electron chi connectivity index (χ0n) is 23.6. The van der Waals surface area contributed by atoms with E-state index >= 15 is 4.57 Å². The second kappa shape index (κ2) is 11.6. The molecule has 0 spiro atoms. The number of likely N-dealkylation sites (N-methyl/N-ethyl adjacent to an activating group) is 2. The summed E-state index contributed by atoms with van der Waals surface area (Å²) >= 11 is 0. The van der Waals surface area contributed by atoms with Gasteiger partial charge in [0, 0.05) is 41.1 Å². The molecular formula is C33H41N3O2P2. The van der Waals surface area contributed by atoms with Crippen molar-refractivity contribution in [3.05, 3.63) is 108 Å². The molecule has 1 saturated carbocycles. The summed E-state index contributed by atoms with van der Waals surface area (Å²) in [5, 5.41) is 1.72. The van der Waals surface area contributed by atoms with E-state index in [1.54, 1.807) is 0 Å². The quantitative estimate of drug-likeness (QED) is 0.291. The molecule has 3 aliphatic rings. The Balaban J connectivity index is 1.43. The van der Waals surface area contributed by atoms with Crippen LogP contribution in [0.15, 0.2) is 103 Å². The summed E-state index contributed by atoms with van der Waals surface area (Å²) in [5.74, 6) is 2.12. The third kappa shape index (κ3) is 4.81. The summed E-state index contributed by atoms with van der Waals surface area (Å²) < 4.78 is 36.7. The van der Waals surface area contributed by atoms with Crippen molar-refractivity contribution in [3.63, 3.8) is 0 Å². The van der Waals surface area contributed by atoms with Gasteiger partial charge in [0.05, 0.1) is 0 Å². The van der Waals surface area contributed by atoms with Crippen molar-refractivity contribution in [2.24, 2.45) is 5.92 Å². The molecule has 0 radical (unpaired) electrons. The molecule has 2 heterocycles. The average molecular weight is 574 g/mol. The van der Waals surface area contributed by atoms with E-state index in [4.69, 9.17) is 0 Å². The highest BCUT2D eigenvalue weighted by Gasteiger charge is 2.50. The number of nitrogens with zero attached hydrogens (tertiary/aromatic N) is 3. The summed E-state index contributed by atoms with van der Waals surface area (Å²) in [4.78, 5) is 0. The van der Waals surface area contributed by atoms with Crippen LogP contribution in [0.4, 0.5) is 0 Å². The summed E-state index contributed by atoms with van der Waals surface area (Å²) in [5.41, 5.74) is 1.16. The van der Waals surface area contributed by atoms with Gasteiger partial charge >= 0.3 is 0 Å². The van der Waals surface area contributed by atoms with Crippen molar-refractivity contribution in [3.8, 4) is 0 Å². The zero-order valence-corrected chi connectivity index (χ0v) is 25.4. The first kappa shape index (κ1) is 27.9. The third-order valence-corrected chi connectivity index (χ3v) is 15.6. The molecule has 7 heteroatoms. The van der Waals surface area contributed by atoms with Crippen molar-refractivity contribution < 1.29 is 9.13 Å². The third-order valence-electron chi connectivity index (χ3n) is 9.45. The second-order valence-electron chi connectivity index (χ2n) is 11.6. The first-order chi connectivity index (χ1) is 19.4. The summed E-state index contributed by atoms with van der Waals surface area (Å²) in [6.45, 7) is 0.743. The molecule has 1 aliphatic carbocycles. The fourth-order valence-corrected chi connectivity index (χ4v) is 13.2. The molecule has 3 aromatic rings. The van der Waals surface area contributed by atoms with E-state index in [2.05, 4.69) is 58.4 Å². The van der Waals surface area contributed by atoms with Crippen LogP contribution in [0.2, 0.25) is 0 Å². The summed E-state index contributed by atoms with van der Waals surface area (Å²) in [6.07, 6.45) is 8.78. The molecule has 3 fully saturated rings. The number of fused-ring (bicyclic) bond motifs is 1. The molecular weight excluding hydrogens is 532 g/mol. The van der Waals surface area contributed by atoms with Gasteiger partial charge in [0.2, 0.25) is 14.7 Å². The number of benzene rings is 3. The molecule has 2 saturated heterocycles. The predicted octanol–water partition coefficient (Wildman–Crippen LogP) is 7.26. The fraction of sp³-hybridized carbons (Fsp3) is 0.394. The van der Waals surface area contributed by atoms with Gasteiger partial charge in [0.25, 0.3) is 0 Å². The Kier molecular flexibility index (Phi) is 8.05. The van der Waals surface area contributed by atoms with E-state index in [1.807, 2.05) is 72.5 Å². The first-order valence-electron chi connectivity index (χ1n) is 14.7. The molecule has 210 valence electrons. The van der Waals surface area contributed by atoms with E-state index in [1.165, 1.54) is 12.8 Å². The molecule has 6 rings (SSSR count). The van der Waals surface area contributed by atoms with Crippen molar-refractivity contribution in [1.82, 2.24) is 14.0 Å². The lowest BCUT2D eigenvalue weighted by Gasteiger charge is -2.45. The topological polar surface area (TPSA) is 43.9 Å². The number of hydrogen-bond acceptors (Lipinski definition) is 2. The summed E-state index contributed by atoms with van der Waals surface area (Å²) in [7, 11) is -1.87. The van der Waals surface area contributed by atoms with Crippen LogP contribution in [0.3, 0.4) is 0 Å². The number of piperidine rings is 1. The minimum absolute atomic E-state index is 0.0900. The van der Waals surface area contributed by atoms with Crippen molar-refractivity contribution >= 4 is 25.3 Å². The Hall–Kier alpha value is -2.26. The highest BCUT2D eigenvalue weighted by atomic mass is 31.2. The van der Waals surface area contributed by atoms with Crippen LogP contribution in [-0.4, -0.2) is 46.7 Å². The van der Waals surface area contributed by atoms with Gasteiger partial charge < -0.3 is 0 Å². The largest absolute Gasteiger partial charge is 0.296 e. The van der Waals surface area contributed by atoms with Gasteiger partial charge in [-0.2, -0.15) is 0 Å². The van der Waals surface area contributed by atoms with Crippen LogP contribution < -0.4 is 10.6 Å². The van der Waals surface area contributed by atoms with Crippen LogP contribution in [0.25, 0.3) is 0 Å². The van der Waals surface area contributed by atoms with E-state index in [-0.39, 0.29) is 12.0 Å². The molecule has 5 nitrogen and oxygen atoms in total. The molecule has 0 bridgehead atoms. The Morgan fingerprint density at radius 3 is 1.75 bits per heavy atom. The van der Waals surface area contributed by atoms with Crippen molar-refractivity contribution in [2.45, 2.75) is 56.7 Å². The van der Waals surface area contributed by atoms with Gasteiger partial charge in [-0.25, -0.2) is 14.0 Å². The lowest BCUT2D eigenvalue weighted by atomic mass is 9.86. The number of rotatable bonds is 6. The first-order valence-corrected chi connectivity index (χ1v) is 18.1. The minimum atomic E-state index is -3.16. The second-order valence-corrected chi connectivity index (χ2v) is 17.0. The maximum absolute atomic E-state index is 15.5. The maximum atomic E-state index is 15.5. The van der Waals surface area contributed by atoms with Gasteiger partial charge in [-0.05, 0) is 75.5 Å². The van der Waals surface area contributed by atoms with Crippen molar-refractivity contribution in [2.75, 3.05) is 20.6 Å². The van der Waals surface area contributed by atoms with Crippen LogP contribution in [-0.2, 0) is 9.13 Å². The van der Waals surface area contributed by atoms with Gasteiger partial charge in [-0.1, -0.05) is 85.6 Å². The Labute approximate surface area is 239 Å². The predicted molar refractivity (Wildman–Crippen MR) is 167 cm³/mol. The van der Waals surface area contributed by atoms with Crippen LogP contribution in [0.1, 0.15) is 50.1 Å². The van der Waals surface area contributed by atoms with Crippen LogP contribution >= 0.6 is 14.7 Å². The highest BCUT2D eigenvalue weighted by molar-refractivity contribution is 7.76. The summed E-state index contributed by atoms with van der Waals surface area (Å²) in [6, 6.07) is 31.1. The fourth-order valence-electron chi connectivity index (χ4n) is 7.34. The smallest absolute Gasteiger partial charge is 0.238 e. The highest BCUT2D eigenvalue weighted by Crippen LogP contribution is 2.64. The van der Waals surface area contributed by atoms with Gasteiger partial charge in [0.1, 0.15) is 0 Å². The Bertz CT molecular complexity index is 1350. The molecule has 40 heavy (non-hydrogen) atoms. The van der Waals surface area contributed by atoms with Gasteiger partial charge in [0.15, 0.2) is 0 Å².